The van der Waals surface area contributed by atoms with E-state index in [0.29, 0.717) is 13.1 Å². The van der Waals surface area contributed by atoms with Gasteiger partial charge < -0.3 is 35.6 Å². The predicted octanol–water partition coefficient (Wildman–Crippen LogP) is 6.37. The summed E-state index contributed by atoms with van der Waals surface area (Å²) >= 11 is 0. The highest BCUT2D eigenvalue weighted by atomic mass is 16.5. The Hall–Kier alpha value is -5.56. The first-order valence-electron chi connectivity index (χ1n) is 18.8. The number of rotatable bonds is 10. The molecule has 2 fully saturated rings. The molecular formula is C41H49N9O4. The molecule has 2 aliphatic heterocycles. The molecule has 3 amide bonds. The molecule has 5 N–H and O–H groups in total. The zero-order chi connectivity index (χ0) is 38.1. The fraction of sp³-hybridized carbons (Fsp3) is 0.415. The van der Waals surface area contributed by atoms with Crippen LogP contribution in [0.4, 0.5) is 4.79 Å². The van der Waals surface area contributed by atoms with Gasteiger partial charge in [-0.05, 0) is 60.8 Å². The van der Waals surface area contributed by atoms with Crippen molar-refractivity contribution in [2.45, 2.75) is 77.5 Å². The molecule has 282 valence electrons. The number of H-pyrrole nitrogens is 2. The lowest BCUT2D eigenvalue weighted by Gasteiger charge is -2.30. The van der Waals surface area contributed by atoms with Gasteiger partial charge in [-0.3, -0.25) is 14.6 Å². The molecular weight excluding hydrogens is 683 g/mol. The first kappa shape index (κ1) is 36.8. The number of likely N-dealkylation sites (tertiary alicyclic amines) is 2. The third kappa shape index (κ3) is 7.32. The number of fused-ring (bicyclic) bond motifs is 1. The smallest absolute Gasteiger partial charge is 0.407 e. The number of methoxy groups -OCH3 is 1. The predicted molar refractivity (Wildman–Crippen MR) is 207 cm³/mol. The third-order valence-corrected chi connectivity index (χ3v) is 10.8. The van der Waals surface area contributed by atoms with E-state index in [4.69, 9.17) is 20.4 Å². The lowest BCUT2D eigenvalue weighted by molar-refractivity contribution is -0.136. The molecule has 54 heavy (non-hydrogen) atoms. The van der Waals surface area contributed by atoms with E-state index in [1.54, 1.807) is 6.20 Å². The van der Waals surface area contributed by atoms with Gasteiger partial charge in [0.15, 0.2) is 0 Å². The van der Waals surface area contributed by atoms with E-state index < -0.39 is 18.2 Å². The Kier molecular flexibility index (Phi) is 10.5. The van der Waals surface area contributed by atoms with Gasteiger partial charge in [-0.1, -0.05) is 64.1 Å². The van der Waals surface area contributed by atoms with Crippen molar-refractivity contribution in [3.8, 4) is 33.6 Å². The van der Waals surface area contributed by atoms with Crippen molar-refractivity contribution in [1.82, 2.24) is 40.0 Å². The van der Waals surface area contributed by atoms with Crippen LogP contribution in [-0.4, -0.2) is 84.9 Å². The Labute approximate surface area is 315 Å². The lowest BCUT2D eigenvalue weighted by atomic mass is 10.0. The molecule has 0 saturated carbocycles. The maximum atomic E-state index is 13.5. The largest absolute Gasteiger partial charge is 0.453 e. The molecule has 2 aliphatic rings. The van der Waals surface area contributed by atoms with Crippen LogP contribution in [0.2, 0.25) is 0 Å². The van der Waals surface area contributed by atoms with Gasteiger partial charge in [-0.25, -0.2) is 14.8 Å². The van der Waals surface area contributed by atoms with Crippen LogP contribution in [0.15, 0.2) is 67.1 Å². The van der Waals surface area contributed by atoms with Gasteiger partial charge in [0.2, 0.25) is 11.8 Å². The van der Waals surface area contributed by atoms with Crippen molar-refractivity contribution in [3.63, 3.8) is 0 Å². The number of hydrogen-bond donors (Lipinski definition) is 4. The van der Waals surface area contributed by atoms with Gasteiger partial charge in [0, 0.05) is 42.0 Å². The van der Waals surface area contributed by atoms with Crippen molar-refractivity contribution in [3.05, 3.63) is 78.8 Å². The molecule has 0 radical (unpaired) electrons. The fourth-order valence-corrected chi connectivity index (χ4v) is 7.57. The summed E-state index contributed by atoms with van der Waals surface area (Å²) in [7, 11) is 1.29. The lowest BCUT2D eigenvalue weighted by Crippen LogP contribution is -2.51. The minimum Gasteiger partial charge on any atom is -0.453 e. The Morgan fingerprint density at radius 1 is 0.815 bits per heavy atom. The number of alkyl carbamates (subject to hydrolysis) is 1. The molecule has 13 heteroatoms. The highest BCUT2D eigenvalue weighted by Crippen LogP contribution is 2.35. The van der Waals surface area contributed by atoms with Crippen LogP contribution in [0.3, 0.4) is 0 Å². The maximum Gasteiger partial charge on any atom is 0.407 e. The van der Waals surface area contributed by atoms with Crippen molar-refractivity contribution < 1.29 is 19.1 Å². The third-order valence-electron chi connectivity index (χ3n) is 10.8. The van der Waals surface area contributed by atoms with E-state index in [1.165, 1.54) is 7.11 Å². The average molecular weight is 732 g/mol. The summed E-state index contributed by atoms with van der Waals surface area (Å²) in [5.41, 5.74) is 12.7. The molecule has 4 atom stereocenters. The standard InChI is InChI=1S/C41H49N9O4/c1-23(2)35(42)39(51)49-16-6-8-33(49)37-45-22-32(47-37)28-15-14-27-18-29(20-43-30(27)19-28)25-10-12-26(13-11-25)31-21-44-38(46-31)34-9-7-17-50(34)40(52)36(24(3)4)48-41(53)54-5/h10-15,18-24,33-36H,6-9,16-17,42H2,1-5H3,(H,44,46)(H,45,47)(H,48,53)/t33-,34-,35-,36-/m0/s1. The number of nitrogens with one attached hydrogen (secondary N) is 3. The number of nitrogens with zero attached hydrogens (tertiary/aromatic N) is 5. The summed E-state index contributed by atoms with van der Waals surface area (Å²) in [6.45, 7) is 9.04. The van der Waals surface area contributed by atoms with Crippen molar-refractivity contribution >= 4 is 28.8 Å². The fourth-order valence-electron chi connectivity index (χ4n) is 7.57. The molecule has 0 unspecified atom stereocenters. The van der Waals surface area contributed by atoms with Gasteiger partial charge >= 0.3 is 6.09 Å². The monoisotopic (exact) mass is 731 g/mol. The minimum atomic E-state index is -0.682. The highest BCUT2D eigenvalue weighted by Gasteiger charge is 2.38. The van der Waals surface area contributed by atoms with Crippen LogP contribution in [-0.2, 0) is 14.3 Å². The molecule has 2 aromatic carbocycles. The van der Waals surface area contributed by atoms with Crippen molar-refractivity contribution in [1.29, 1.82) is 0 Å². The van der Waals surface area contributed by atoms with E-state index >= 15 is 0 Å². The van der Waals surface area contributed by atoms with Crippen molar-refractivity contribution in [2.75, 3.05) is 20.2 Å². The maximum absolute atomic E-state index is 13.5. The van der Waals surface area contributed by atoms with Crippen LogP contribution < -0.4 is 11.1 Å². The second-order valence-electron chi connectivity index (χ2n) is 15.1. The summed E-state index contributed by atoms with van der Waals surface area (Å²) in [6, 6.07) is 15.0. The molecule has 0 bridgehead atoms. The van der Waals surface area contributed by atoms with E-state index in [1.807, 2.05) is 56.0 Å². The summed E-state index contributed by atoms with van der Waals surface area (Å²) in [5.74, 6) is 1.33. The van der Waals surface area contributed by atoms with Crippen LogP contribution in [0.1, 0.15) is 77.1 Å². The van der Waals surface area contributed by atoms with Crippen molar-refractivity contribution in [2.24, 2.45) is 17.6 Å². The summed E-state index contributed by atoms with van der Waals surface area (Å²) in [4.78, 5) is 63.4. The number of carbonyl (C=O) groups excluding carboxylic acids is 3. The second kappa shape index (κ2) is 15.4. The van der Waals surface area contributed by atoms with Crippen LogP contribution >= 0.6 is 0 Å². The summed E-state index contributed by atoms with van der Waals surface area (Å²) in [5, 5.41) is 3.71. The van der Waals surface area contributed by atoms with E-state index in [0.717, 1.165) is 81.9 Å². The first-order valence-corrected chi connectivity index (χ1v) is 18.8. The zero-order valence-corrected chi connectivity index (χ0v) is 31.5. The zero-order valence-electron chi connectivity index (χ0n) is 31.5. The summed E-state index contributed by atoms with van der Waals surface area (Å²) < 4.78 is 4.76. The molecule has 5 aromatic rings. The number of aromatic amines is 2. The van der Waals surface area contributed by atoms with Gasteiger partial charge in [0.1, 0.15) is 17.7 Å². The highest BCUT2D eigenvalue weighted by molar-refractivity contribution is 5.88. The van der Waals surface area contributed by atoms with E-state index in [9.17, 15) is 14.4 Å². The number of ether oxygens (including phenoxy) is 1. The number of nitrogens with two attached hydrogens (primary N) is 1. The number of imidazole rings is 2. The van der Waals surface area contributed by atoms with Crippen LogP contribution in [0.25, 0.3) is 44.5 Å². The molecule has 2 saturated heterocycles. The number of amides is 3. The molecule has 7 rings (SSSR count). The molecule has 13 nitrogen and oxygen atoms in total. The molecule has 0 spiro atoms. The summed E-state index contributed by atoms with van der Waals surface area (Å²) in [6.07, 6.45) is 8.39. The topological polar surface area (TPSA) is 175 Å². The van der Waals surface area contributed by atoms with Crippen LogP contribution in [0.5, 0.6) is 0 Å². The SMILES string of the molecule is COC(=O)N[C@H](C(=O)N1CCC[C@H]1c1ncc(-c2ccc(-c3cnc4cc(-c5c[nH]c([C@@H]6CCCN6C(=O)[C@@H](N)C(C)C)n5)ccc4c3)cc2)[nH]1)C(C)C. The Morgan fingerprint density at radius 2 is 1.48 bits per heavy atom. The van der Waals surface area contributed by atoms with Gasteiger partial charge in [-0.15, -0.1) is 0 Å². The Balaban J connectivity index is 1.03. The number of hydrogen-bond acceptors (Lipinski definition) is 8. The Bertz CT molecular complexity index is 2140. The number of benzene rings is 2. The Morgan fingerprint density at radius 3 is 2.17 bits per heavy atom. The van der Waals surface area contributed by atoms with Gasteiger partial charge in [0.25, 0.3) is 0 Å². The molecule has 5 heterocycles. The molecule has 3 aromatic heterocycles. The quantitative estimate of drug-likeness (QED) is 0.128. The number of pyridine rings is 1. The van der Waals surface area contributed by atoms with Gasteiger partial charge in [-0.2, -0.15) is 0 Å². The van der Waals surface area contributed by atoms with Gasteiger partial charge in [0.05, 0.1) is 48.3 Å². The first-order chi connectivity index (χ1) is 26.0. The molecule has 0 aliphatic carbocycles. The van der Waals surface area contributed by atoms with Crippen LogP contribution in [0, 0.1) is 11.8 Å². The average Bonchev–Trinajstić information content (AvgIpc) is 4.02. The van der Waals surface area contributed by atoms with E-state index in [2.05, 4.69) is 62.7 Å². The minimum absolute atomic E-state index is 0.0184. The normalized spacial score (nSPS) is 18.4. The second-order valence-corrected chi connectivity index (χ2v) is 15.1. The van der Waals surface area contributed by atoms with E-state index in [-0.39, 0.29) is 35.7 Å². The number of carbonyl (C=O) groups is 3. The number of aromatic nitrogens is 5.